The summed E-state index contributed by atoms with van der Waals surface area (Å²) in [6, 6.07) is 7.41. The van der Waals surface area contributed by atoms with Crippen LogP contribution in [0.15, 0.2) is 30.5 Å². The van der Waals surface area contributed by atoms with Crippen LogP contribution < -0.4 is 0 Å². The number of ether oxygens (including phenoxy) is 1. The van der Waals surface area contributed by atoms with Crippen LogP contribution in [0.5, 0.6) is 0 Å². The highest BCUT2D eigenvalue weighted by Gasteiger charge is 2.22. The molecular formula is C15H16ClN3O2. The summed E-state index contributed by atoms with van der Waals surface area (Å²) >= 11 is 6.01. The van der Waals surface area contributed by atoms with E-state index in [0.717, 1.165) is 11.4 Å². The molecule has 5 nitrogen and oxygen atoms in total. The molecule has 21 heavy (non-hydrogen) atoms. The van der Waals surface area contributed by atoms with Crippen LogP contribution in [-0.4, -0.2) is 46.9 Å². The molecule has 3 rings (SSSR count). The first-order chi connectivity index (χ1) is 10.2. The van der Waals surface area contributed by atoms with Gasteiger partial charge in [0.25, 0.3) is 5.91 Å². The summed E-state index contributed by atoms with van der Waals surface area (Å²) < 4.78 is 7.01. The molecule has 1 aliphatic heterocycles. The molecule has 1 fully saturated rings. The summed E-state index contributed by atoms with van der Waals surface area (Å²) in [5, 5.41) is 4.96. The van der Waals surface area contributed by atoms with E-state index in [4.69, 9.17) is 16.3 Å². The predicted octanol–water partition coefficient (Wildman–Crippen LogP) is 2.31. The van der Waals surface area contributed by atoms with Gasteiger partial charge in [0.15, 0.2) is 0 Å². The van der Waals surface area contributed by atoms with Gasteiger partial charge in [0.05, 0.1) is 36.4 Å². The summed E-state index contributed by atoms with van der Waals surface area (Å²) in [6.45, 7) is 4.32. The Kier molecular flexibility index (Phi) is 3.94. The van der Waals surface area contributed by atoms with Crippen molar-refractivity contribution in [2.24, 2.45) is 0 Å². The van der Waals surface area contributed by atoms with E-state index in [1.54, 1.807) is 15.8 Å². The van der Waals surface area contributed by atoms with E-state index in [1.165, 1.54) is 0 Å². The highest BCUT2D eigenvalue weighted by atomic mass is 35.5. The van der Waals surface area contributed by atoms with Crippen LogP contribution in [-0.2, 0) is 4.74 Å². The van der Waals surface area contributed by atoms with Gasteiger partial charge in [0, 0.05) is 18.1 Å². The Morgan fingerprint density at radius 3 is 2.81 bits per heavy atom. The van der Waals surface area contributed by atoms with E-state index in [2.05, 4.69) is 5.10 Å². The van der Waals surface area contributed by atoms with Crippen LogP contribution in [0, 0.1) is 6.92 Å². The molecule has 0 bridgehead atoms. The van der Waals surface area contributed by atoms with Gasteiger partial charge in [-0.2, -0.15) is 5.10 Å². The fraction of sp³-hybridized carbons (Fsp3) is 0.333. The summed E-state index contributed by atoms with van der Waals surface area (Å²) in [6.07, 6.45) is 1.62. The van der Waals surface area contributed by atoms with Crippen LogP contribution >= 0.6 is 11.6 Å². The monoisotopic (exact) mass is 305 g/mol. The molecule has 0 spiro atoms. The zero-order chi connectivity index (χ0) is 14.8. The SMILES string of the molecule is Cc1c(C(=O)N2CCOCC2)cnn1-c1cccc(Cl)c1. The quantitative estimate of drug-likeness (QED) is 0.855. The van der Waals surface area contributed by atoms with Crippen LogP contribution in [0.2, 0.25) is 5.02 Å². The number of benzene rings is 1. The number of carbonyl (C=O) groups is 1. The second-order valence-corrected chi connectivity index (χ2v) is 5.38. The number of aromatic nitrogens is 2. The lowest BCUT2D eigenvalue weighted by molar-refractivity contribution is 0.0302. The fourth-order valence-corrected chi connectivity index (χ4v) is 2.61. The molecular weight excluding hydrogens is 290 g/mol. The normalized spacial score (nSPS) is 15.2. The topological polar surface area (TPSA) is 47.4 Å². The van der Waals surface area contributed by atoms with Gasteiger partial charge < -0.3 is 9.64 Å². The third kappa shape index (κ3) is 2.80. The van der Waals surface area contributed by atoms with Gasteiger partial charge in [0.2, 0.25) is 0 Å². The average Bonchev–Trinajstić information content (AvgIpc) is 2.89. The molecule has 1 amide bonds. The minimum absolute atomic E-state index is 0.00378. The van der Waals surface area contributed by atoms with Gasteiger partial charge in [-0.05, 0) is 25.1 Å². The largest absolute Gasteiger partial charge is 0.378 e. The Hall–Kier alpha value is -1.85. The molecule has 2 aromatic rings. The van der Waals surface area contributed by atoms with Gasteiger partial charge in [0.1, 0.15) is 0 Å². The molecule has 0 N–H and O–H groups in total. The van der Waals surface area contributed by atoms with E-state index < -0.39 is 0 Å². The number of hydrogen-bond donors (Lipinski definition) is 0. The molecule has 0 radical (unpaired) electrons. The zero-order valence-corrected chi connectivity index (χ0v) is 12.5. The Morgan fingerprint density at radius 2 is 2.10 bits per heavy atom. The van der Waals surface area contributed by atoms with Crippen LogP contribution in [0.1, 0.15) is 16.1 Å². The lowest BCUT2D eigenvalue weighted by atomic mass is 10.2. The van der Waals surface area contributed by atoms with Crippen molar-refractivity contribution in [3.8, 4) is 5.69 Å². The minimum Gasteiger partial charge on any atom is -0.378 e. The number of carbonyl (C=O) groups excluding carboxylic acids is 1. The van der Waals surface area contributed by atoms with E-state index in [9.17, 15) is 4.79 Å². The van der Waals surface area contributed by atoms with E-state index in [-0.39, 0.29) is 5.91 Å². The first-order valence-electron chi connectivity index (χ1n) is 6.84. The maximum absolute atomic E-state index is 12.5. The number of rotatable bonds is 2. The van der Waals surface area contributed by atoms with E-state index >= 15 is 0 Å². The first-order valence-corrected chi connectivity index (χ1v) is 7.22. The van der Waals surface area contributed by atoms with Crippen molar-refractivity contribution >= 4 is 17.5 Å². The Bertz CT molecular complexity index is 663. The summed E-state index contributed by atoms with van der Waals surface area (Å²) in [5.41, 5.74) is 2.28. The average molecular weight is 306 g/mol. The van der Waals surface area contributed by atoms with Crippen molar-refractivity contribution in [3.05, 3.63) is 46.7 Å². The summed E-state index contributed by atoms with van der Waals surface area (Å²) in [7, 11) is 0. The third-order valence-electron chi connectivity index (χ3n) is 3.59. The number of halogens is 1. The molecule has 110 valence electrons. The summed E-state index contributed by atoms with van der Waals surface area (Å²) in [5.74, 6) is 0.00378. The molecule has 1 saturated heterocycles. The second kappa shape index (κ2) is 5.87. The molecule has 1 aromatic heterocycles. The maximum Gasteiger partial charge on any atom is 0.257 e. The molecule has 2 heterocycles. The molecule has 0 atom stereocenters. The molecule has 0 saturated carbocycles. The van der Waals surface area contributed by atoms with Crippen LogP contribution in [0.4, 0.5) is 0 Å². The van der Waals surface area contributed by atoms with Crippen molar-refractivity contribution in [1.29, 1.82) is 0 Å². The molecule has 0 unspecified atom stereocenters. The molecule has 1 aromatic carbocycles. The zero-order valence-electron chi connectivity index (χ0n) is 11.8. The Balaban J connectivity index is 1.90. The number of amides is 1. The number of hydrogen-bond acceptors (Lipinski definition) is 3. The van der Waals surface area contributed by atoms with Crippen molar-refractivity contribution in [2.45, 2.75) is 6.92 Å². The van der Waals surface area contributed by atoms with Crippen molar-refractivity contribution < 1.29 is 9.53 Å². The maximum atomic E-state index is 12.5. The smallest absolute Gasteiger partial charge is 0.257 e. The highest BCUT2D eigenvalue weighted by molar-refractivity contribution is 6.30. The van der Waals surface area contributed by atoms with Crippen molar-refractivity contribution in [1.82, 2.24) is 14.7 Å². The highest BCUT2D eigenvalue weighted by Crippen LogP contribution is 2.19. The van der Waals surface area contributed by atoms with Crippen molar-refractivity contribution in [3.63, 3.8) is 0 Å². The lowest BCUT2D eigenvalue weighted by Crippen LogP contribution is -2.40. The third-order valence-corrected chi connectivity index (χ3v) is 3.83. The number of morpholine rings is 1. The summed E-state index contributed by atoms with van der Waals surface area (Å²) in [4.78, 5) is 14.3. The number of nitrogens with zero attached hydrogens (tertiary/aromatic N) is 3. The van der Waals surface area contributed by atoms with E-state index in [0.29, 0.717) is 36.9 Å². The Labute approximate surface area is 128 Å². The molecule has 1 aliphatic rings. The van der Waals surface area contributed by atoms with Gasteiger partial charge in [-0.15, -0.1) is 0 Å². The van der Waals surface area contributed by atoms with E-state index in [1.807, 2.05) is 31.2 Å². The standard InChI is InChI=1S/C15H16ClN3O2/c1-11-14(15(20)18-5-7-21-8-6-18)10-17-19(11)13-4-2-3-12(16)9-13/h2-4,9-10H,5-8H2,1H3. The van der Waals surface area contributed by atoms with Gasteiger partial charge in [-0.1, -0.05) is 17.7 Å². The van der Waals surface area contributed by atoms with Gasteiger partial charge in [-0.3, -0.25) is 4.79 Å². The van der Waals surface area contributed by atoms with Crippen LogP contribution in [0.25, 0.3) is 5.69 Å². The fourth-order valence-electron chi connectivity index (χ4n) is 2.42. The first kappa shape index (κ1) is 14.1. The van der Waals surface area contributed by atoms with Crippen LogP contribution in [0.3, 0.4) is 0 Å². The Morgan fingerprint density at radius 1 is 1.33 bits per heavy atom. The molecule has 6 heteroatoms. The molecule has 0 aliphatic carbocycles. The predicted molar refractivity (Wildman–Crippen MR) is 80.0 cm³/mol. The lowest BCUT2D eigenvalue weighted by Gasteiger charge is -2.26. The van der Waals surface area contributed by atoms with Gasteiger partial charge in [-0.25, -0.2) is 4.68 Å². The van der Waals surface area contributed by atoms with Crippen molar-refractivity contribution in [2.75, 3.05) is 26.3 Å². The second-order valence-electron chi connectivity index (χ2n) is 4.94. The minimum atomic E-state index is 0.00378. The van der Waals surface area contributed by atoms with Gasteiger partial charge >= 0.3 is 0 Å².